The molecule has 1 N–H and O–H groups in total. The number of aliphatic hydroxyl groups excluding tert-OH is 1. The van der Waals surface area contributed by atoms with Crippen LogP contribution in [0.5, 0.6) is 0 Å². The molecule has 0 aliphatic heterocycles. The number of rotatable bonds is 9. The third-order valence-electron chi connectivity index (χ3n) is 2.88. The van der Waals surface area contributed by atoms with Crippen LogP contribution in [0.4, 0.5) is 0 Å². The minimum absolute atomic E-state index is 0.326. The van der Waals surface area contributed by atoms with Crippen LogP contribution in [0.1, 0.15) is 25.4 Å². The fraction of sp³-hybridized carbons (Fsp3) is 0.600. The Morgan fingerprint density at radius 1 is 1.47 bits per heavy atom. The molecule has 19 heavy (non-hydrogen) atoms. The highest BCUT2D eigenvalue weighted by Crippen LogP contribution is 2.12. The van der Waals surface area contributed by atoms with E-state index in [-0.39, 0.29) is 0 Å². The van der Waals surface area contributed by atoms with E-state index >= 15 is 0 Å². The molecule has 1 unspecified atom stereocenters. The van der Waals surface area contributed by atoms with Gasteiger partial charge in [0.1, 0.15) is 11.5 Å². The maximum absolute atomic E-state index is 9.95. The van der Waals surface area contributed by atoms with E-state index in [2.05, 4.69) is 25.3 Å². The quantitative estimate of drug-likeness (QED) is 0.551. The predicted molar refractivity (Wildman–Crippen MR) is 76.0 cm³/mol. The van der Waals surface area contributed by atoms with Gasteiger partial charge in [-0.25, -0.2) is 0 Å². The molecule has 1 atom stereocenters. The fourth-order valence-electron chi connectivity index (χ4n) is 1.84. The number of furan rings is 1. The summed E-state index contributed by atoms with van der Waals surface area (Å²) in [5, 5.41) is 9.95. The molecule has 0 saturated carbocycles. The molecular weight excluding hydrogens is 242 g/mol. The van der Waals surface area contributed by atoms with E-state index < -0.39 is 6.10 Å². The van der Waals surface area contributed by atoms with E-state index in [0.717, 1.165) is 11.5 Å². The Balaban J connectivity index is 2.46. The highest BCUT2D eigenvalue weighted by Gasteiger charge is 2.16. The van der Waals surface area contributed by atoms with Crippen molar-refractivity contribution in [2.75, 3.05) is 19.8 Å². The van der Waals surface area contributed by atoms with Gasteiger partial charge in [0.25, 0.3) is 0 Å². The Labute approximate surface area is 115 Å². The topological polar surface area (TPSA) is 45.8 Å². The molecule has 0 aliphatic rings. The van der Waals surface area contributed by atoms with Crippen molar-refractivity contribution >= 4 is 0 Å². The minimum Gasteiger partial charge on any atom is -0.465 e. The van der Waals surface area contributed by atoms with Gasteiger partial charge in [0.05, 0.1) is 25.9 Å². The monoisotopic (exact) mass is 267 g/mol. The van der Waals surface area contributed by atoms with Gasteiger partial charge in [-0.05, 0) is 32.9 Å². The molecule has 108 valence electrons. The van der Waals surface area contributed by atoms with Crippen molar-refractivity contribution in [3.63, 3.8) is 0 Å². The summed E-state index contributed by atoms with van der Waals surface area (Å²) in [5.41, 5.74) is 0. The lowest BCUT2D eigenvalue weighted by molar-refractivity contribution is 0.0163. The molecule has 0 aliphatic carbocycles. The molecule has 0 amide bonds. The maximum Gasteiger partial charge on any atom is 0.118 e. The maximum atomic E-state index is 9.95. The van der Waals surface area contributed by atoms with Crippen LogP contribution in [-0.2, 0) is 11.3 Å². The lowest BCUT2D eigenvalue weighted by Gasteiger charge is -2.27. The number of hydrogen-bond donors (Lipinski definition) is 1. The second-order valence-corrected chi connectivity index (χ2v) is 5.02. The molecule has 1 heterocycles. The molecule has 0 saturated heterocycles. The van der Waals surface area contributed by atoms with Gasteiger partial charge in [-0.2, -0.15) is 0 Å². The van der Waals surface area contributed by atoms with Crippen molar-refractivity contribution in [1.29, 1.82) is 0 Å². The number of aryl methyl sites for hydroxylation is 1. The molecule has 0 fully saturated rings. The highest BCUT2D eigenvalue weighted by atomic mass is 16.5. The van der Waals surface area contributed by atoms with Crippen LogP contribution < -0.4 is 0 Å². The molecule has 4 nitrogen and oxygen atoms in total. The third kappa shape index (κ3) is 6.05. The summed E-state index contributed by atoms with van der Waals surface area (Å²) in [7, 11) is 0. The van der Waals surface area contributed by atoms with Crippen LogP contribution in [0, 0.1) is 6.92 Å². The minimum atomic E-state index is -0.501. The van der Waals surface area contributed by atoms with Crippen LogP contribution in [0.25, 0.3) is 0 Å². The molecule has 4 heteroatoms. The lowest BCUT2D eigenvalue weighted by Crippen LogP contribution is -2.38. The predicted octanol–water partition coefficient (Wildman–Crippen LogP) is 2.36. The Hall–Kier alpha value is -1.10. The summed E-state index contributed by atoms with van der Waals surface area (Å²) >= 11 is 0. The summed E-state index contributed by atoms with van der Waals surface area (Å²) < 4.78 is 10.8. The van der Waals surface area contributed by atoms with E-state index in [9.17, 15) is 5.11 Å². The van der Waals surface area contributed by atoms with Gasteiger partial charge in [-0.1, -0.05) is 6.08 Å². The normalized spacial score (nSPS) is 13.2. The van der Waals surface area contributed by atoms with Crippen molar-refractivity contribution < 1.29 is 14.3 Å². The van der Waals surface area contributed by atoms with E-state index in [1.54, 1.807) is 6.08 Å². The van der Waals surface area contributed by atoms with Crippen LogP contribution in [0.3, 0.4) is 0 Å². The summed E-state index contributed by atoms with van der Waals surface area (Å²) in [6, 6.07) is 4.27. The van der Waals surface area contributed by atoms with Crippen molar-refractivity contribution in [1.82, 2.24) is 4.90 Å². The second-order valence-electron chi connectivity index (χ2n) is 5.02. The summed E-state index contributed by atoms with van der Waals surface area (Å²) in [5.74, 6) is 1.83. The molecule has 0 bridgehead atoms. The lowest BCUT2D eigenvalue weighted by atomic mass is 10.2. The van der Waals surface area contributed by atoms with E-state index in [1.807, 2.05) is 19.1 Å². The van der Waals surface area contributed by atoms with Gasteiger partial charge in [0, 0.05) is 12.6 Å². The summed E-state index contributed by atoms with van der Waals surface area (Å²) in [6.45, 7) is 11.8. The Bertz CT molecular complexity index is 373. The van der Waals surface area contributed by atoms with Gasteiger partial charge in [-0.15, -0.1) is 6.58 Å². The first kappa shape index (κ1) is 16.0. The molecule has 0 radical (unpaired) electrons. The van der Waals surface area contributed by atoms with E-state index in [1.165, 1.54) is 0 Å². The van der Waals surface area contributed by atoms with Crippen LogP contribution in [-0.4, -0.2) is 41.9 Å². The zero-order valence-corrected chi connectivity index (χ0v) is 12.1. The smallest absolute Gasteiger partial charge is 0.118 e. The molecule has 0 aromatic carbocycles. The second kappa shape index (κ2) is 8.15. The van der Waals surface area contributed by atoms with Gasteiger partial charge >= 0.3 is 0 Å². The number of nitrogens with zero attached hydrogens (tertiary/aromatic N) is 1. The largest absolute Gasteiger partial charge is 0.465 e. The van der Waals surface area contributed by atoms with E-state index in [0.29, 0.717) is 32.3 Å². The van der Waals surface area contributed by atoms with Crippen LogP contribution in [0.2, 0.25) is 0 Å². The molecule has 1 aromatic heterocycles. The first-order valence-corrected chi connectivity index (χ1v) is 6.69. The van der Waals surface area contributed by atoms with Crippen molar-refractivity contribution in [2.24, 2.45) is 0 Å². The zero-order valence-electron chi connectivity index (χ0n) is 12.1. The Morgan fingerprint density at radius 2 is 2.21 bits per heavy atom. The number of hydrogen-bond acceptors (Lipinski definition) is 4. The molecule has 1 rings (SSSR count). The van der Waals surface area contributed by atoms with Crippen LogP contribution >= 0.6 is 0 Å². The van der Waals surface area contributed by atoms with Gasteiger partial charge in [0.15, 0.2) is 0 Å². The number of ether oxygens (including phenoxy) is 1. The average molecular weight is 267 g/mol. The molecule has 0 spiro atoms. The average Bonchev–Trinajstić information content (AvgIpc) is 2.74. The van der Waals surface area contributed by atoms with Gasteiger partial charge in [0.2, 0.25) is 0 Å². The highest BCUT2D eigenvalue weighted by molar-refractivity contribution is 5.05. The van der Waals surface area contributed by atoms with Gasteiger partial charge in [-0.3, -0.25) is 4.90 Å². The standard InChI is InChI=1S/C15H25NO3/c1-5-8-18-11-14(17)9-16(12(2)3)10-15-7-6-13(4)19-15/h5-7,12,14,17H,1,8-11H2,2-4H3. The Kier molecular flexibility index (Phi) is 6.84. The SMILES string of the molecule is C=CCOCC(O)CN(Cc1ccc(C)o1)C(C)C. The first-order chi connectivity index (χ1) is 9.02. The van der Waals surface area contributed by atoms with Crippen molar-refractivity contribution in [2.45, 2.75) is 39.5 Å². The Morgan fingerprint density at radius 3 is 2.74 bits per heavy atom. The van der Waals surface area contributed by atoms with E-state index in [4.69, 9.17) is 9.15 Å². The zero-order chi connectivity index (χ0) is 14.3. The summed E-state index contributed by atoms with van der Waals surface area (Å²) in [6.07, 6.45) is 1.18. The number of aliphatic hydroxyl groups is 1. The van der Waals surface area contributed by atoms with Crippen molar-refractivity contribution in [3.8, 4) is 0 Å². The molecule has 1 aromatic rings. The fourth-order valence-corrected chi connectivity index (χ4v) is 1.84. The molecular formula is C15H25NO3. The third-order valence-corrected chi connectivity index (χ3v) is 2.88. The summed E-state index contributed by atoms with van der Waals surface area (Å²) in [4.78, 5) is 2.17. The van der Waals surface area contributed by atoms with Gasteiger partial charge < -0.3 is 14.3 Å². The van der Waals surface area contributed by atoms with Crippen LogP contribution in [0.15, 0.2) is 29.2 Å². The van der Waals surface area contributed by atoms with Crippen molar-refractivity contribution in [3.05, 3.63) is 36.3 Å². The first-order valence-electron chi connectivity index (χ1n) is 6.69.